The first-order valence-electron chi connectivity index (χ1n) is 9.58. The normalized spacial score (nSPS) is 17.9. The summed E-state index contributed by atoms with van der Waals surface area (Å²) >= 11 is 0. The van der Waals surface area contributed by atoms with Crippen molar-refractivity contribution in [3.63, 3.8) is 0 Å². The lowest BCUT2D eigenvalue weighted by atomic mass is 10.0. The number of carbonyl (C=O) groups excluding carboxylic acids is 2. The largest absolute Gasteiger partial charge is 0.465 e. The molecule has 1 spiro atoms. The average Bonchev–Trinajstić information content (AvgIpc) is 3.22. The second-order valence-corrected chi connectivity index (χ2v) is 6.99. The number of ether oxygens (including phenoxy) is 3. The summed E-state index contributed by atoms with van der Waals surface area (Å²) < 4.78 is 16.3. The minimum atomic E-state index is -0.512. The minimum Gasteiger partial charge on any atom is -0.465 e. The maximum atomic E-state index is 12.6. The summed E-state index contributed by atoms with van der Waals surface area (Å²) in [7, 11) is 1.30. The molecule has 8 nitrogen and oxygen atoms in total. The Hall–Kier alpha value is -2.97. The van der Waals surface area contributed by atoms with Crippen LogP contribution in [0.5, 0.6) is 0 Å². The van der Waals surface area contributed by atoms with Crippen LogP contribution < -0.4 is 10.2 Å². The number of esters is 1. The van der Waals surface area contributed by atoms with Gasteiger partial charge in [-0.15, -0.1) is 0 Å². The van der Waals surface area contributed by atoms with E-state index < -0.39 is 17.7 Å². The highest BCUT2D eigenvalue weighted by molar-refractivity contribution is 6.07. The summed E-state index contributed by atoms with van der Waals surface area (Å²) in [6.07, 6.45) is 3.30. The first kappa shape index (κ1) is 19.4. The molecular formula is C21H23N3O5. The molecule has 2 aliphatic rings. The van der Waals surface area contributed by atoms with Crippen LogP contribution in [0.2, 0.25) is 0 Å². The Balaban J connectivity index is 1.41. The Bertz CT molecular complexity index is 883. The van der Waals surface area contributed by atoms with Crippen LogP contribution in [0.1, 0.15) is 33.7 Å². The number of aromatic nitrogens is 1. The number of benzene rings is 1. The summed E-state index contributed by atoms with van der Waals surface area (Å²) in [4.78, 5) is 30.9. The van der Waals surface area contributed by atoms with Crippen LogP contribution in [0.15, 0.2) is 42.6 Å². The summed E-state index contributed by atoms with van der Waals surface area (Å²) in [5.74, 6) is -1.32. The molecule has 2 aliphatic heterocycles. The fraction of sp³-hybridized carbons (Fsp3) is 0.381. The number of nitrogens with one attached hydrogen (secondary N) is 1. The first-order valence-corrected chi connectivity index (χ1v) is 9.58. The lowest BCUT2D eigenvalue weighted by Crippen LogP contribution is -2.45. The molecule has 1 aromatic carbocycles. The van der Waals surface area contributed by atoms with Gasteiger partial charge in [0.25, 0.3) is 5.91 Å². The second kappa shape index (κ2) is 8.18. The standard InChI is InChI=1S/C21H23N3O5/c1-27-20(26)16-4-2-3-5-17(16)23-19(25)18-7-6-15(14-22-18)24-10-8-21(9-11-24)28-12-13-29-21/h2-7,14H,8-13H2,1H3,(H,23,25). The van der Waals surface area contributed by atoms with Gasteiger partial charge in [0.05, 0.1) is 43.5 Å². The number of rotatable bonds is 4. The Kier molecular flexibility index (Phi) is 5.46. The van der Waals surface area contributed by atoms with E-state index in [1.165, 1.54) is 7.11 Å². The van der Waals surface area contributed by atoms with Gasteiger partial charge in [0.1, 0.15) is 5.69 Å². The highest BCUT2D eigenvalue weighted by Gasteiger charge is 2.39. The van der Waals surface area contributed by atoms with E-state index >= 15 is 0 Å². The maximum absolute atomic E-state index is 12.6. The molecule has 2 fully saturated rings. The number of methoxy groups -OCH3 is 1. The van der Waals surface area contributed by atoms with Crippen LogP contribution in [0.4, 0.5) is 11.4 Å². The quantitative estimate of drug-likeness (QED) is 0.793. The molecule has 0 bridgehead atoms. The van der Waals surface area contributed by atoms with Crippen molar-refractivity contribution >= 4 is 23.3 Å². The molecule has 0 atom stereocenters. The molecule has 29 heavy (non-hydrogen) atoms. The highest BCUT2D eigenvalue weighted by Crippen LogP contribution is 2.33. The molecule has 0 unspecified atom stereocenters. The van der Waals surface area contributed by atoms with Crippen molar-refractivity contribution < 1.29 is 23.8 Å². The van der Waals surface area contributed by atoms with E-state index in [0.717, 1.165) is 31.6 Å². The Morgan fingerprint density at radius 2 is 1.83 bits per heavy atom. The van der Waals surface area contributed by atoms with Crippen molar-refractivity contribution in [1.82, 2.24) is 4.98 Å². The zero-order chi connectivity index (χ0) is 20.3. The van der Waals surface area contributed by atoms with Crippen molar-refractivity contribution in [2.75, 3.05) is 43.6 Å². The van der Waals surface area contributed by atoms with Crippen LogP contribution >= 0.6 is 0 Å². The predicted octanol–water partition coefficient (Wildman–Crippen LogP) is 2.46. The van der Waals surface area contributed by atoms with Gasteiger partial charge < -0.3 is 24.4 Å². The van der Waals surface area contributed by atoms with Crippen LogP contribution in [0, 0.1) is 0 Å². The van der Waals surface area contributed by atoms with E-state index in [9.17, 15) is 9.59 Å². The molecule has 3 heterocycles. The molecule has 0 saturated carbocycles. The summed E-state index contributed by atoms with van der Waals surface area (Å²) in [5, 5.41) is 2.73. The first-order chi connectivity index (χ1) is 14.1. The third-order valence-corrected chi connectivity index (χ3v) is 5.27. The number of nitrogens with zero attached hydrogens (tertiary/aromatic N) is 2. The van der Waals surface area contributed by atoms with E-state index in [0.29, 0.717) is 24.5 Å². The van der Waals surface area contributed by atoms with Crippen molar-refractivity contribution in [2.24, 2.45) is 0 Å². The van der Waals surface area contributed by atoms with Gasteiger partial charge >= 0.3 is 5.97 Å². The third-order valence-electron chi connectivity index (χ3n) is 5.27. The van der Waals surface area contributed by atoms with Crippen LogP contribution in [0.3, 0.4) is 0 Å². The number of carbonyl (C=O) groups is 2. The summed E-state index contributed by atoms with van der Waals surface area (Å²) in [5.41, 5.74) is 1.89. The van der Waals surface area contributed by atoms with E-state index in [-0.39, 0.29) is 5.69 Å². The molecule has 0 radical (unpaired) electrons. The highest BCUT2D eigenvalue weighted by atomic mass is 16.7. The summed E-state index contributed by atoms with van der Waals surface area (Å²) in [6, 6.07) is 10.2. The van der Waals surface area contributed by atoms with Gasteiger partial charge in [-0.2, -0.15) is 0 Å². The van der Waals surface area contributed by atoms with Gasteiger partial charge in [0, 0.05) is 25.9 Å². The van der Waals surface area contributed by atoms with Gasteiger partial charge in [0.15, 0.2) is 5.79 Å². The van der Waals surface area contributed by atoms with E-state index in [2.05, 4.69) is 15.2 Å². The Morgan fingerprint density at radius 3 is 2.48 bits per heavy atom. The number of piperidine rings is 1. The smallest absolute Gasteiger partial charge is 0.339 e. The number of para-hydroxylation sites is 1. The zero-order valence-corrected chi connectivity index (χ0v) is 16.2. The SMILES string of the molecule is COC(=O)c1ccccc1NC(=O)c1ccc(N2CCC3(CC2)OCCO3)cn1. The second-order valence-electron chi connectivity index (χ2n) is 6.99. The molecule has 4 rings (SSSR count). The predicted molar refractivity (Wildman–Crippen MR) is 106 cm³/mol. The lowest BCUT2D eigenvalue weighted by Gasteiger charge is -2.38. The van der Waals surface area contributed by atoms with Crippen molar-refractivity contribution in [2.45, 2.75) is 18.6 Å². The van der Waals surface area contributed by atoms with Crippen molar-refractivity contribution in [1.29, 1.82) is 0 Å². The molecule has 8 heteroatoms. The van der Waals surface area contributed by atoms with Gasteiger partial charge in [-0.3, -0.25) is 4.79 Å². The van der Waals surface area contributed by atoms with Crippen molar-refractivity contribution in [3.8, 4) is 0 Å². The maximum Gasteiger partial charge on any atom is 0.339 e. The molecule has 2 saturated heterocycles. The molecule has 1 amide bonds. The van der Waals surface area contributed by atoms with Gasteiger partial charge in [-0.1, -0.05) is 12.1 Å². The van der Waals surface area contributed by atoms with Gasteiger partial charge in [-0.05, 0) is 24.3 Å². The van der Waals surface area contributed by atoms with E-state index in [1.54, 1.807) is 36.5 Å². The number of hydrogen-bond acceptors (Lipinski definition) is 7. The molecule has 0 aliphatic carbocycles. The van der Waals surface area contributed by atoms with E-state index in [4.69, 9.17) is 14.2 Å². The molecule has 1 N–H and O–H groups in total. The monoisotopic (exact) mass is 397 g/mol. The molecule has 2 aromatic rings. The zero-order valence-electron chi connectivity index (χ0n) is 16.2. The Morgan fingerprint density at radius 1 is 1.10 bits per heavy atom. The van der Waals surface area contributed by atoms with Crippen molar-refractivity contribution in [3.05, 3.63) is 53.9 Å². The molecule has 152 valence electrons. The van der Waals surface area contributed by atoms with Crippen LogP contribution in [-0.4, -0.2) is 56.1 Å². The number of amides is 1. The van der Waals surface area contributed by atoms with E-state index in [1.807, 2.05) is 6.07 Å². The molecule has 1 aromatic heterocycles. The molecular weight excluding hydrogens is 374 g/mol. The number of hydrogen-bond donors (Lipinski definition) is 1. The van der Waals surface area contributed by atoms with Gasteiger partial charge in [-0.25, -0.2) is 9.78 Å². The van der Waals surface area contributed by atoms with Crippen LogP contribution in [-0.2, 0) is 14.2 Å². The lowest BCUT2D eigenvalue weighted by molar-refractivity contribution is -0.169. The Labute approximate surface area is 168 Å². The topological polar surface area (TPSA) is 90.0 Å². The van der Waals surface area contributed by atoms with Gasteiger partial charge in [0.2, 0.25) is 0 Å². The fourth-order valence-corrected chi connectivity index (χ4v) is 3.67. The average molecular weight is 397 g/mol. The minimum absolute atomic E-state index is 0.268. The fourth-order valence-electron chi connectivity index (χ4n) is 3.67. The summed E-state index contributed by atoms with van der Waals surface area (Å²) in [6.45, 7) is 2.92. The number of pyridine rings is 1. The van der Waals surface area contributed by atoms with Crippen LogP contribution in [0.25, 0.3) is 0 Å². The number of anilines is 2. The third kappa shape index (κ3) is 4.08.